The SMILES string of the molecule is Cc1nc(C)c(CC(=O)NC(Cc2ccsc2)c2cccnc2)s1. The molecule has 3 aromatic heterocycles. The molecule has 3 heterocycles. The van der Waals surface area contributed by atoms with Crippen LogP contribution in [0.1, 0.15) is 32.7 Å². The Bertz CT molecular complexity index is 797. The van der Waals surface area contributed by atoms with E-state index in [1.54, 1.807) is 28.9 Å². The van der Waals surface area contributed by atoms with Gasteiger partial charge in [-0.1, -0.05) is 6.07 Å². The lowest BCUT2D eigenvalue weighted by Crippen LogP contribution is -2.31. The van der Waals surface area contributed by atoms with Crippen molar-refractivity contribution in [1.82, 2.24) is 15.3 Å². The maximum Gasteiger partial charge on any atom is 0.225 e. The van der Waals surface area contributed by atoms with Gasteiger partial charge in [-0.15, -0.1) is 11.3 Å². The summed E-state index contributed by atoms with van der Waals surface area (Å²) in [5.41, 5.74) is 3.19. The molecule has 1 amide bonds. The number of thiophene rings is 1. The molecule has 0 aromatic carbocycles. The highest BCUT2D eigenvalue weighted by atomic mass is 32.1. The monoisotopic (exact) mass is 357 g/mol. The Morgan fingerprint density at radius 3 is 2.83 bits per heavy atom. The van der Waals surface area contributed by atoms with Crippen LogP contribution < -0.4 is 5.32 Å². The predicted octanol–water partition coefficient (Wildman–Crippen LogP) is 3.86. The van der Waals surface area contributed by atoms with Crippen molar-refractivity contribution in [3.8, 4) is 0 Å². The maximum absolute atomic E-state index is 12.5. The highest BCUT2D eigenvalue weighted by Gasteiger charge is 2.17. The fraction of sp³-hybridized carbons (Fsp3) is 0.278. The Morgan fingerprint density at radius 2 is 2.21 bits per heavy atom. The summed E-state index contributed by atoms with van der Waals surface area (Å²) in [4.78, 5) is 22.1. The molecular weight excluding hydrogens is 338 g/mol. The number of pyridine rings is 1. The van der Waals surface area contributed by atoms with Crippen LogP contribution in [0.4, 0.5) is 0 Å². The number of nitrogens with one attached hydrogen (secondary N) is 1. The molecule has 0 fully saturated rings. The summed E-state index contributed by atoms with van der Waals surface area (Å²) in [6, 6.07) is 5.93. The number of aromatic nitrogens is 2. The maximum atomic E-state index is 12.5. The Hall–Kier alpha value is -2.05. The molecule has 0 saturated carbocycles. The Balaban J connectivity index is 1.73. The molecule has 0 aliphatic carbocycles. The summed E-state index contributed by atoms with van der Waals surface area (Å²) in [6.07, 6.45) is 4.70. The molecule has 3 rings (SSSR count). The summed E-state index contributed by atoms with van der Waals surface area (Å²) in [6.45, 7) is 3.92. The molecule has 4 nitrogen and oxygen atoms in total. The quantitative estimate of drug-likeness (QED) is 0.729. The topological polar surface area (TPSA) is 54.9 Å². The minimum atomic E-state index is -0.0740. The van der Waals surface area contributed by atoms with E-state index in [4.69, 9.17) is 0 Å². The van der Waals surface area contributed by atoms with E-state index in [1.165, 1.54) is 5.56 Å². The van der Waals surface area contributed by atoms with Crippen LogP contribution in [-0.2, 0) is 17.6 Å². The van der Waals surface area contributed by atoms with Crippen LogP contribution in [-0.4, -0.2) is 15.9 Å². The number of thiazole rings is 1. The van der Waals surface area contributed by atoms with Gasteiger partial charge in [0, 0.05) is 17.3 Å². The third-order valence-electron chi connectivity index (χ3n) is 3.76. The summed E-state index contributed by atoms with van der Waals surface area (Å²) in [5, 5.41) is 8.33. The molecule has 3 aromatic rings. The van der Waals surface area contributed by atoms with Gasteiger partial charge in [-0.25, -0.2) is 4.98 Å². The van der Waals surface area contributed by atoms with E-state index in [9.17, 15) is 4.79 Å². The van der Waals surface area contributed by atoms with E-state index in [2.05, 4.69) is 32.1 Å². The zero-order valence-electron chi connectivity index (χ0n) is 13.7. The molecule has 0 saturated heterocycles. The molecule has 124 valence electrons. The molecule has 24 heavy (non-hydrogen) atoms. The largest absolute Gasteiger partial charge is 0.349 e. The number of rotatable bonds is 6. The first-order chi connectivity index (χ1) is 11.6. The molecule has 6 heteroatoms. The molecule has 1 unspecified atom stereocenters. The van der Waals surface area contributed by atoms with Gasteiger partial charge in [-0.05, 0) is 54.3 Å². The number of nitrogens with zero attached hydrogens (tertiary/aromatic N) is 2. The summed E-state index contributed by atoms with van der Waals surface area (Å²) in [7, 11) is 0. The van der Waals surface area contributed by atoms with Crippen LogP contribution in [0.15, 0.2) is 41.4 Å². The van der Waals surface area contributed by atoms with Crippen molar-refractivity contribution >= 4 is 28.6 Å². The number of hydrogen-bond donors (Lipinski definition) is 1. The number of amides is 1. The van der Waals surface area contributed by atoms with Crippen LogP contribution in [0.5, 0.6) is 0 Å². The molecule has 1 N–H and O–H groups in total. The van der Waals surface area contributed by atoms with Gasteiger partial charge in [-0.2, -0.15) is 11.3 Å². The fourth-order valence-electron chi connectivity index (χ4n) is 2.61. The summed E-state index contributed by atoms with van der Waals surface area (Å²) >= 11 is 3.26. The van der Waals surface area contributed by atoms with Gasteiger partial charge in [-0.3, -0.25) is 9.78 Å². The Morgan fingerprint density at radius 1 is 1.33 bits per heavy atom. The average Bonchev–Trinajstić information content (AvgIpc) is 3.17. The number of aryl methyl sites for hydroxylation is 2. The zero-order valence-corrected chi connectivity index (χ0v) is 15.3. The molecule has 0 aliphatic rings. The third-order valence-corrected chi connectivity index (χ3v) is 5.57. The second kappa shape index (κ2) is 7.68. The standard InChI is InChI=1S/C18H19N3OS2/c1-12-17(24-13(2)20-12)9-18(22)21-16(8-14-5-7-23-11-14)15-4-3-6-19-10-15/h3-7,10-11,16H,8-9H2,1-2H3,(H,21,22). The van der Waals surface area contributed by atoms with Crippen molar-refractivity contribution < 1.29 is 4.79 Å². The van der Waals surface area contributed by atoms with Crippen molar-refractivity contribution in [2.45, 2.75) is 32.7 Å². The highest BCUT2D eigenvalue weighted by Crippen LogP contribution is 2.21. The van der Waals surface area contributed by atoms with Crippen LogP contribution in [0.25, 0.3) is 0 Å². The van der Waals surface area contributed by atoms with E-state index >= 15 is 0 Å². The van der Waals surface area contributed by atoms with Gasteiger partial charge in [0.15, 0.2) is 0 Å². The van der Waals surface area contributed by atoms with Gasteiger partial charge in [0.2, 0.25) is 5.91 Å². The molecule has 0 aliphatic heterocycles. The first-order valence-electron chi connectivity index (χ1n) is 7.75. The third kappa shape index (κ3) is 4.27. The summed E-state index contributed by atoms with van der Waals surface area (Å²) < 4.78 is 0. The van der Waals surface area contributed by atoms with E-state index < -0.39 is 0 Å². The number of carbonyl (C=O) groups excluding carboxylic acids is 1. The average molecular weight is 358 g/mol. The van der Waals surface area contributed by atoms with Crippen LogP contribution in [0.2, 0.25) is 0 Å². The second-order valence-electron chi connectivity index (χ2n) is 5.66. The molecule has 0 bridgehead atoms. The smallest absolute Gasteiger partial charge is 0.225 e. The number of hydrogen-bond acceptors (Lipinski definition) is 5. The fourth-order valence-corrected chi connectivity index (χ4v) is 4.22. The lowest BCUT2D eigenvalue weighted by Gasteiger charge is -2.18. The van der Waals surface area contributed by atoms with Crippen LogP contribution in [0.3, 0.4) is 0 Å². The van der Waals surface area contributed by atoms with Crippen molar-refractivity contribution in [2.75, 3.05) is 0 Å². The van der Waals surface area contributed by atoms with Crippen LogP contribution >= 0.6 is 22.7 Å². The van der Waals surface area contributed by atoms with Crippen molar-refractivity contribution in [2.24, 2.45) is 0 Å². The van der Waals surface area contributed by atoms with E-state index in [-0.39, 0.29) is 11.9 Å². The van der Waals surface area contributed by atoms with Gasteiger partial charge < -0.3 is 5.32 Å². The normalized spacial score (nSPS) is 12.1. The van der Waals surface area contributed by atoms with Crippen molar-refractivity contribution in [3.05, 3.63) is 68.1 Å². The molecule has 0 radical (unpaired) electrons. The van der Waals surface area contributed by atoms with E-state index in [0.717, 1.165) is 27.6 Å². The Kier molecular flexibility index (Phi) is 5.37. The predicted molar refractivity (Wildman–Crippen MR) is 98.4 cm³/mol. The van der Waals surface area contributed by atoms with Crippen molar-refractivity contribution in [1.29, 1.82) is 0 Å². The van der Waals surface area contributed by atoms with E-state index in [0.29, 0.717) is 6.42 Å². The first-order valence-corrected chi connectivity index (χ1v) is 9.51. The van der Waals surface area contributed by atoms with Gasteiger partial charge in [0.25, 0.3) is 0 Å². The zero-order chi connectivity index (χ0) is 16.9. The van der Waals surface area contributed by atoms with E-state index in [1.807, 2.05) is 32.2 Å². The first kappa shape index (κ1) is 16.8. The molecule has 1 atom stereocenters. The minimum Gasteiger partial charge on any atom is -0.349 e. The summed E-state index contributed by atoms with van der Waals surface area (Å²) in [5.74, 6) is 0.0193. The van der Waals surface area contributed by atoms with Crippen molar-refractivity contribution in [3.63, 3.8) is 0 Å². The minimum absolute atomic E-state index is 0.0193. The molecule has 0 spiro atoms. The van der Waals surface area contributed by atoms with Crippen LogP contribution in [0, 0.1) is 13.8 Å². The lowest BCUT2D eigenvalue weighted by atomic mass is 10.0. The lowest BCUT2D eigenvalue weighted by molar-refractivity contribution is -0.121. The Labute approximate surface area is 149 Å². The molecular formula is C18H19N3OS2. The second-order valence-corrected chi connectivity index (χ2v) is 7.73. The highest BCUT2D eigenvalue weighted by molar-refractivity contribution is 7.11. The number of carbonyl (C=O) groups is 1. The van der Waals surface area contributed by atoms with Gasteiger partial charge in [0.05, 0.1) is 23.2 Å². The van der Waals surface area contributed by atoms with Gasteiger partial charge in [0.1, 0.15) is 0 Å². The van der Waals surface area contributed by atoms with Gasteiger partial charge >= 0.3 is 0 Å².